The molecule has 1 atom stereocenters. The van der Waals surface area contributed by atoms with Gasteiger partial charge in [0.25, 0.3) is 0 Å². The smallest absolute Gasteiger partial charge is 0.0755 e. The normalized spacial score (nSPS) is 18.2. The van der Waals surface area contributed by atoms with E-state index in [0.717, 1.165) is 5.56 Å². The van der Waals surface area contributed by atoms with Crippen LogP contribution in [0.25, 0.3) is 0 Å². The highest BCUT2D eigenvalue weighted by Crippen LogP contribution is 2.41. The number of pyridine rings is 1. The molecule has 1 fully saturated rings. The van der Waals surface area contributed by atoms with Gasteiger partial charge < -0.3 is 0 Å². The van der Waals surface area contributed by atoms with Gasteiger partial charge in [0.05, 0.1) is 12.0 Å². The third-order valence-electron chi connectivity index (χ3n) is 2.28. The third kappa shape index (κ3) is 1.31. The summed E-state index contributed by atoms with van der Waals surface area (Å²) in [6.45, 7) is 0. The van der Waals surface area contributed by atoms with Crippen molar-refractivity contribution in [2.75, 3.05) is 0 Å². The maximum absolute atomic E-state index is 8.91. The van der Waals surface area contributed by atoms with E-state index in [9.17, 15) is 0 Å². The maximum Gasteiger partial charge on any atom is 0.0755 e. The van der Waals surface area contributed by atoms with Crippen LogP contribution in [0.5, 0.6) is 0 Å². The van der Waals surface area contributed by atoms with Crippen molar-refractivity contribution in [3.63, 3.8) is 0 Å². The SMILES string of the molecule is N#CC(c1cccnc1)C1CC1. The van der Waals surface area contributed by atoms with E-state index in [1.807, 2.05) is 12.1 Å². The first-order chi connectivity index (χ1) is 5.92. The summed E-state index contributed by atoms with van der Waals surface area (Å²) in [7, 11) is 0. The molecule has 0 saturated heterocycles. The molecule has 0 aliphatic heterocycles. The fraction of sp³-hybridized carbons (Fsp3) is 0.400. The minimum atomic E-state index is 0.0821. The van der Waals surface area contributed by atoms with Gasteiger partial charge in [-0.3, -0.25) is 4.98 Å². The van der Waals surface area contributed by atoms with Gasteiger partial charge in [0.15, 0.2) is 0 Å². The van der Waals surface area contributed by atoms with Crippen molar-refractivity contribution in [1.29, 1.82) is 5.26 Å². The lowest BCUT2D eigenvalue weighted by molar-refractivity contribution is 0.736. The van der Waals surface area contributed by atoms with Gasteiger partial charge in [-0.1, -0.05) is 6.07 Å². The molecule has 0 N–H and O–H groups in total. The zero-order valence-corrected chi connectivity index (χ0v) is 6.77. The molecule has 1 aliphatic carbocycles. The number of rotatable bonds is 2. The van der Waals surface area contributed by atoms with Gasteiger partial charge in [0, 0.05) is 12.4 Å². The van der Waals surface area contributed by atoms with Gasteiger partial charge in [-0.25, -0.2) is 0 Å². The first-order valence-corrected chi connectivity index (χ1v) is 4.21. The van der Waals surface area contributed by atoms with Gasteiger partial charge in [-0.15, -0.1) is 0 Å². The minimum absolute atomic E-state index is 0.0821. The molecule has 0 spiro atoms. The third-order valence-corrected chi connectivity index (χ3v) is 2.28. The van der Waals surface area contributed by atoms with Crippen molar-refractivity contribution in [2.24, 2.45) is 5.92 Å². The van der Waals surface area contributed by atoms with E-state index in [4.69, 9.17) is 5.26 Å². The number of nitriles is 1. The van der Waals surface area contributed by atoms with Crippen LogP contribution in [-0.4, -0.2) is 4.98 Å². The molecule has 0 radical (unpaired) electrons. The molecule has 2 nitrogen and oxygen atoms in total. The highest BCUT2D eigenvalue weighted by molar-refractivity contribution is 5.24. The lowest BCUT2D eigenvalue weighted by Gasteiger charge is -2.05. The van der Waals surface area contributed by atoms with Crippen molar-refractivity contribution in [2.45, 2.75) is 18.8 Å². The summed E-state index contributed by atoms with van der Waals surface area (Å²) in [5, 5.41) is 8.91. The Morgan fingerprint density at radius 3 is 2.92 bits per heavy atom. The Labute approximate surface area is 71.9 Å². The monoisotopic (exact) mass is 158 g/mol. The fourth-order valence-corrected chi connectivity index (χ4v) is 1.44. The van der Waals surface area contributed by atoms with Crippen LogP contribution in [0.3, 0.4) is 0 Å². The molecule has 1 aliphatic rings. The molecule has 0 aromatic carbocycles. The van der Waals surface area contributed by atoms with E-state index in [-0.39, 0.29) is 5.92 Å². The Hall–Kier alpha value is -1.36. The molecule has 1 heterocycles. The quantitative estimate of drug-likeness (QED) is 0.660. The van der Waals surface area contributed by atoms with Crippen LogP contribution >= 0.6 is 0 Å². The summed E-state index contributed by atoms with van der Waals surface area (Å²) in [5.41, 5.74) is 1.07. The second-order valence-electron chi connectivity index (χ2n) is 3.23. The second-order valence-corrected chi connectivity index (χ2v) is 3.23. The zero-order chi connectivity index (χ0) is 8.39. The lowest BCUT2D eigenvalue weighted by atomic mass is 9.98. The molecule has 2 rings (SSSR count). The Kier molecular flexibility index (Phi) is 1.79. The molecule has 0 bridgehead atoms. The van der Waals surface area contributed by atoms with Gasteiger partial charge in [0.2, 0.25) is 0 Å². The maximum atomic E-state index is 8.91. The Morgan fingerprint density at radius 2 is 2.42 bits per heavy atom. The number of hydrogen-bond acceptors (Lipinski definition) is 2. The second kappa shape index (κ2) is 2.94. The molecular weight excluding hydrogens is 148 g/mol. The topological polar surface area (TPSA) is 36.7 Å². The summed E-state index contributed by atoms with van der Waals surface area (Å²) in [6.07, 6.45) is 5.94. The van der Waals surface area contributed by atoms with Crippen LogP contribution in [0.15, 0.2) is 24.5 Å². The van der Waals surface area contributed by atoms with Crippen molar-refractivity contribution >= 4 is 0 Å². The van der Waals surface area contributed by atoms with E-state index in [0.29, 0.717) is 5.92 Å². The Bertz CT molecular complexity index is 295. The fourth-order valence-electron chi connectivity index (χ4n) is 1.44. The van der Waals surface area contributed by atoms with Crippen LogP contribution < -0.4 is 0 Å². The van der Waals surface area contributed by atoms with Crippen LogP contribution in [0.1, 0.15) is 24.3 Å². The van der Waals surface area contributed by atoms with Crippen molar-refractivity contribution < 1.29 is 0 Å². The predicted octanol–water partition coefficient (Wildman–Crippen LogP) is 2.10. The molecule has 1 aromatic heterocycles. The molecule has 2 heteroatoms. The lowest BCUT2D eigenvalue weighted by Crippen LogP contribution is -1.97. The van der Waals surface area contributed by atoms with Crippen LogP contribution in [0.2, 0.25) is 0 Å². The van der Waals surface area contributed by atoms with Gasteiger partial charge in [0.1, 0.15) is 0 Å². The molecule has 0 amide bonds. The molecule has 12 heavy (non-hydrogen) atoms. The highest BCUT2D eigenvalue weighted by atomic mass is 14.6. The van der Waals surface area contributed by atoms with E-state index in [2.05, 4.69) is 11.1 Å². The van der Waals surface area contributed by atoms with Gasteiger partial charge in [-0.2, -0.15) is 5.26 Å². The van der Waals surface area contributed by atoms with Crippen LogP contribution in [-0.2, 0) is 0 Å². The molecule has 1 saturated carbocycles. The molecule has 1 unspecified atom stereocenters. The summed E-state index contributed by atoms with van der Waals surface area (Å²) in [5.74, 6) is 0.679. The minimum Gasteiger partial charge on any atom is -0.264 e. The number of hydrogen-bond donors (Lipinski definition) is 0. The van der Waals surface area contributed by atoms with E-state index >= 15 is 0 Å². The summed E-state index contributed by atoms with van der Waals surface area (Å²) < 4.78 is 0. The molecular formula is C10H10N2. The number of aromatic nitrogens is 1. The average molecular weight is 158 g/mol. The van der Waals surface area contributed by atoms with E-state index < -0.39 is 0 Å². The molecule has 60 valence electrons. The number of nitrogens with zero attached hydrogens (tertiary/aromatic N) is 2. The van der Waals surface area contributed by atoms with Gasteiger partial charge >= 0.3 is 0 Å². The summed E-state index contributed by atoms with van der Waals surface area (Å²) in [4.78, 5) is 4.01. The average Bonchev–Trinajstić information content (AvgIpc) is 2.92. The van der Waals surface area contributed by atoms with Crippen LogP contribution in [0.4, 0.5) is 0 Å². The summed E-state index contributed by atoms with van der Waals surface area (Å²) in [6, 6.07) is 6.22. The van der Waals surface area contributed by atoms with Crippen molar-refractivity contribution in [1.82, 2.24) is 4.98 Å². The first-order valence-electron chi connectivity index (χ1n) is 4.21. The Balaban J connectivity index is 2.23. The van der Waals surface area contributed by atoms with E-state index in [1.165, 1.54) is 12.8 Å². The predicted molar refractivity (Wildman–Crippen MR) is 45.3 cm³/mol. The highest BCUT2D eigenvalue weighted by Gasteiger charge is 2.32. The summed E-state index contributed by atoms with van der Waals surface area (Å²) >= 11 is 0. The van der Waals surface area contributed by atoms with Crippen molar-refractivity contribution in [3.8, 4) is 6.07 Å². The molecule has 1 aromatic rings. The largest absolute Gasteiger partial charge is 0.264 e. The van der Waals surface area contributed by atoms with Crippen molar-refractivity contribution in [3.05, 3.63) is 30.1 Å². The Morgan fingerprint density at radius 1 is 1.58 bits per heavy atom. The van der Waals surface area contributed by atoms with E-state index in [1.54, 1.807) is 12.4 Å². The standard InChI is InChI=1S/C10H10N2/c11-6-10(8-3-4-8)9-2-1-5-12-7-9/h1-2,5,7-8,10H,3-4H2. The van der Waals surface area contributed by atoms with Crippen LogP contribution in [0, 0.1) is 17.2 Å². The first kappa shape index (κ1) is 7.30. The zero-order valence-electron chi connectivity index (χ0n) is 6.77. The van der Waals surface area contributed by atoms with Gasteiger partial charge in [-0.05, 0) is 30.4 Å².